The predicted molar refractivity (Wildman–Crippen MR) is 70.7 cm³/mol. The smallest absolute Gasteiger partial charge is 0.317 e. The average molecular weight is 280 g/mol. The molecule has 0 spiro atoms. The van der Waals surface area contributed by atoms with Gasteiger partial charge in [0.2, 0.25) is 0 Å². The van der Waals surface area contributed by atoms with Crippen molar-refractivity contribution in [2.75, 3.05) is 13.7 Å². The molecule has 1 aromatic carbocycles. The van der Waals surface area contributed by atoms with Crippen LogP contribution in [0.15, 0.2) is 18.2 Å². The van der Waals surface area contributed by atoms with Crippen LogP contribution in [0.1, 0.15) is 18.4 Å². The fraction of sp³-hybridized carbons (Fsp3) is 0.462. The Balaban J connectivity index is 2.19. The number of non-ortho nitro benzene ring substituents is 1. The molecule has 0 amide bonds. The van der Waals surface area contributed by atoms with E-state index in [0.29, 0.717) is 17.9 Å². The van der Waals surface area contributed by atoms with Crippen molar-refractivity contribution in [3.63, 3.8) is 0 Å². The normalized spacial score (nSPS) is 14.3. The van der Waals surface area contributed by atoms with Gasteiger partial charge in [-0.05, 0) is 24.5 Å². The summed E-state index contributed by atoms with van der Waals surface area (Å²) in [7, 11) is 1.44. The van der Waals surface area contributed by atoms with Crippen LogP contribution in [0.4, 0.5) is 5.69 Å². The van der Waals surface area contributed by atoms with Crippen molar-refractivity contribution in [2.45, 2.75) is 25.4 Å². The van der Waals surface area contributed by atoms with Gasteiger partial charge in [-0.1, -0.05) is 0 Å². The fourth-order valence-corrected chi connectivity index (χ4v) is 2.12. The molecule has 0 aliphatic heterocycles. The highest BCUT2D eigenvalue weighted by molar-refractivity contribution is 5.69. The predicted octanol–water partition coefficient (Wildman–Crippen LogP) is 1.65. The number of hydrogen-bond acceptors (Lipinski definition) is 5. The maximum Gasteiger partial charge on any atom is 0.317 e. The van der Waals surface area contributed by atoms with Crippen molar-refractivity contribution in [3.8, 4) is 5.75 Å². The van der Waals surface area contributed by atoms with E-state index < -0.39 is 10.9 Å². The highest BCUT2D eigenvalue weighted by Gasteiger charge is 2.30. The van der Waals surface area contributed by atoms with E-state index in [0.717, 1.165) is 12.8 Å². The lowest BCUT2D eigenvalue weighted by Crippen LogP contribution is -2.31. The van der Waals surface area contributed by atoms with Gasteiger partial charge in [0.25, 0.3) is 5.69 Å². The van der Waals surface area contributed by atoms with E-state index >= 15 is 0 Å². The molecule has 1 aliphatic rings. The number of nitrogens with zero attached hydrogens (tertiary/aromatic N) is 2. The van der Waals surface area contributed by atoms with Crippen molar-refractivity contribution in [2.24, 2.45) is 0 Å². The summed E-state index contributed by atoms with van der Waals surface area (Å²) in [4.78, 5) is 23.1. The van der Waals surface area contributed by atoms with Crippen LogP contribution in [0.5, 0.6) is 5.75 Å². The lowest BCUT2D eigenvalue weighted by Gasteiger charge is -2.19. The largest absolute Gasteiger partial charge is 0.496 e. The molecule has 1 aromatic rings. The molecule has 0 heterocycles. The van der Waals surface area contributed by atoms with Crippen LogP contribution < -0.4 is 4.74 Å². The van der Waals surface area contributed by atoms with Gasteiger partial charge >= 0.3 is 5.97 Å². The highest BCUT2D eigenvalue weighted by atomic mass is 16.6. The van der Waals surface area contributed by atoms with Gasteiger partial charge in [-0.15, -0.1) is 0 Å². The van der Waals surface area contributed by atoms with Gasteiger partial charge in [-0.2, -0.15) is 0 Å². The molecule has 0 saturated heterocycles. The van der Waals surface area contributed by atoms with Gasteiger partial charge in [0.1, 0.15) is 5.75 Å². The molecule has 0 bridgehead atoms. The number of carboxylic acids is 1. The maximum absolute atomic E-state index is 10.9. The van der Waals surface area contributed by atoms with Crippen molar-refractivity contribution in [3.05, 3.63) is 33.9 Å². The lowest BCUT2D eigenvalue weighted by atomic mass is 10.1. The molecule has 0 atom stereocenters. The van der Waals surface area contributed by atoms with Gasteiger partial charge < -0.3 is 9.84 Å². The first kappa shape index (κ1) is 14.3. The summed E-state index contributed by atoms with van der Waals surface area (Å²) in [6, 6.07) is 4.77. The first-order valence-corrected chi connectivity index (χ1v) is 6.28. The van der Waals surface area contributed by atoms with Crippen molar-refractivity contribution >= 4 is 11.7 Å². The van der Waals surface area contributed by atoms with E-state index in [1.165, 1.54) is 19.2 Å². The summed E-state index contributed by atoms with van der Waals surface area (Å²) in [5.74, 6) is -0.491. The fourth-order valence-electron chi connectivity index (χ4n) is 2.12. The average Bonchev–Trinajstić information content (AvgIpc) is 3.21. The van der Waals surface area contributed by atoms with Gasteiger partial charge in [-0.3, -0.25) is 19.8 Å². The van der Waals surface area contributed by atoms with E-state index in [1.54, 1.807) is 6.07 Å². The number of rotatable bonds is 7. The summed E-state index contributed by atoms with van der Waals surface area (Å²) < 4.78 is 5.05. The summed E-state index contributed by atoms with van der Waals surface area (Å²) >= 11 is 0. The van der Waals surface area contributed by atoms with Gasteiger partial charge in [0.15, 0.2) is 0 Å². The number of aliphatic carboxylic acids is 1. The Morgan fingerprint density at radius 3 is 2.70 bits per heavy atom. The molecule has 20 heavy (non-hydrogen) atoms. The van der Waals surface area contributed by atoms with Gasteiger partial charge in [0.05, 0.1) is 24.6 Å². The number of hydrogen-bond donors (Lipinski definition) is 1. The minimum atomic E-state index is -0.894. The van der Waals surface area contributed by atoms with E-state index in [1.807, 2.05) is 4.90 Å². The third-order valence-corrected chi connectivity index (χ3v) is 3.18. The molecule has 1 aliphatic carbocycles. The third-order valence-electron chi connectivity index (χ3n) is 3.18. The Morgan fingerprint density at radius 2 is 2.20 bits per heavy atom. The number of carboxylic acid groups (broad SMARTS) is 1. The zero-order valence-corrected chi connectivity index (χ0v) is 11.1. The molecule has 7 nitrogen and oxygen atoms in total. The molecular formula is C13H16N2O5. The SMILES string of the molecule is COc1cc(CN(CC(=O)O)C2CC2)cc([N+](=O)[O-])c1. The Hall–Kier alpha value is -2.15. The molecule has 108 valence electrons. The van der Waals surface area contributed by atoms with Crippen molar-refractivity contribution < 1.29 is 19.6 Å². The van der Waals surface area contributed by atoms with E-state index in [-0.39, 0.29) is 18.3 Å². The zero-order valence-electron chi connectivity index (χ0n) is 11.1. The number of benzene rings is 1. The van der Waals surface area contributed by atoms with Crippen LogP contribution in [0.2, 0.25) is 0 Å². The Labute approximate surface area is 115 Å². The number of nitro groups is 1. The highest BCUT2D eigenvalue weighted by Crippen LogP contribution is 2.30. The van der Waals surface area contributed by atoms with Crippen LogP contribution in [-0.2, 0) is 11.3 Å². The topological polar surface area (TPSA) is 92.9 Å². The second kappa shape index (κ2) is 5.87. The number of carbonyl (C=O) groups is 1. The summed E-state index contributed by atoms with van der Waals surface area (Å²) in [6.45, 7) is 0.310. The summed E-state index contributed by atoms with van der Waals surface area (Å²) in [5.41, 5.74) is 0.634. The van der Waals surface area contributed by atoms with Crippen LogP contribution in [0.3, 0.4) is 0 Å². The van der Waals surface area contributed by atoms with Gasteiger partial charge in [0, 0.05) is 18.7 Å². The van der Waals surface area contributed by atoms with E-state index in [4.69, 9.17) is 9.84 Å². The molecule has 0 aromatic heterocycles. The summed E-state index contributed by atoms with van der Waals surface area (Å²) in [6.07, 6.45) is 1.94. The number of ether oxygens (including phenoxy) is 1. The molecule has 1 saturated carbocycles. The molecule has 2 rings (SSSR count). The number of nitro benzene ring substituents is 1. The standard InChI is InChI=1S/C13H16N2O5/c1-20-12-5-9(4-11(6-12)15(18)19)7-14(8-13(16)17)10-2-3-10/h4-6,10H,2-3,7-8H2,1H3,(H,16,17). The molecular weight excluding hydrogens is 264 g/mol. The van der Waals surface area contributed by atoms with Crippen molar-refractivity contribution in [1.82, 2.24) is 4.90 Å². The first-order chi connectivity index (χ1) is 9.49. The second-order valence-corrected chi connectivity index (χ2v) is 4.83. The molecule has 1 N–H and O–H groups in total. The van der Waals surface area contributed by atoms with Crippen LogP contribution >= 0.6 is 0 Å². The van der Waals surface area contributed by atoms with Crippen LogP contribution in [0.25, 0.3) is 0 Å². The summed E-state index contributed by atoms with van der Waals surface area (Å²) in [5, 5.41) is 19.8. The van der Waals surface area contributed by atoms with Crippen molar-refractivity contribution in [1.29, 1.82) is 0 Å². The monoisotopic (exact) mass is 280 g/mol. The Bertz CT molecular complexity index is 527. The quantitative estimate of drug-likeness (QED) is 0.603. The first-order valence-electron chi connectivity index (χ1n) is 6.28. The minimum absolute atomic E-state index is 0.0505. The van der Waals surface area contributed by atoms with E-state index in [9.17, 15) is 14.9 Å². The minimum Gasteiger partial charge on any atom is -0.496 e. The lowest BCUT2D eigenvalue weighted by molar-refractivity contribution is -0.385. The molecule has 0 unspecified atom stereocenters. The van der Waals surface area contributed by atoms with Crippen LogP contribution in [-0.4, -0.2) is 40.6 Å². The zero-order chi connectivity index (χ0) is 14.7. The van der Waals surface area contributed by atoms with E-state index in [2.05, 4.69) is 0 Å². The molecule has 7 heteroatoms. The molecule has 0 radical (unpaired) electrons. The second-order valence-electron chi connectivity index (χ2n) is 4.83. The Morgan fingerprint density at radius 1 is 1.50 bits per heavy atom. The third kappa shape index (κ3) is 3.67. The van der Waals surface area contributed by atoms with Crippen LogP contribution in [0, 0.1) is 10.1 Å². The molecule has 1 fully saturated rings. The maximum atomic E-state index is 10.9. The van der Waals surface area contributed by atoms with Gasteiger partial charge in [-0.25, -0.2) is 0 Å². The number of methoxy groups -OCH3 is 1. The Kier molecular flexibility index (Phi) is 4.19.